The molecule has 0 saturated carbocycles. The number of amides is 4. The van der Waals surface area contributed by atoms with Gasteiger partial charge in [-0.1, -0.05) is 11.6 Å². The van der Waals surface area contributed by atoms with Crippen molar-refractivity contribution in [2.75, 3.05) is 13.1 Å². The quantitative estimate of drug-likeness (QED) is 0.741. The van der Waals surface area contributed by atoms with Crippen molar-refractivity contribution in [3.05, 3.63) is 29.0 Å². The summed E-state index contributed by atoms with van der Waals surface area (Å²) in [4.78, 5) is 41.2. The number of nitrogens with one attached hydrogen (secondary N) is 2. The maximum atomic E-state index is 12.4. The number of rotatable bonds is 1. The van der Waals surface area contributed by atoms with Gasteiger partial charge in [0.25, 0.3) is 11.8 Å². The van der Waals surface area contributed by atoms with Crippen molar-refractivity contribution < 1.29 is 14.4 Å². The first-order chi connectivity index (χ1) is 10.00. The van der Waals surface area contributed by atoms with E-state index in [4.69, 9.17) is 11.6 Å². The van der Waals surface area contributed by atoms with Crippen molar-refractivity contribution in [1.82, 2.24) is 20.5 Å². The molecule has 0 aromatic carbocycles. The summed E-state index contributed by atoms with van der Waals surface area (Å²) in [6, 6.07) is 2.61. The van der Waals surface area contributed by atoms with Crippen LogP contribution < -0.4 is 10.6 Å². The molecular formula is C13H13ClN4O3. The maximum Gasteiger partial charge on any atom is 0.322 e. The van der Waals surface area contributed by atoms with E-state index in [-0.39, 0.29) is 24.1 Å². The van der Waals surface area contributed by atoms with Crippen molar-refractivity contribution >= 4 is 29.4 Å². The number of pyridine rings is 1. The van der Waals surface area contributed by atoms with Crippen LogP contribution in [0.2, 0.25) is 5.02 Å². The number of carbonyl (C=O) groups is 3. The van der Waals surface area contributed by atoms with Crippen LogP contribution in [0.4, 0.5) is 4.79 Å². The first-order valence-electron chi connectivity index (χ1n) is 6.55. The largest absolute Gasteiger partial charge is 0.334 e. The van der Waals surface area contributed by atoms with E-state index in [1.165, 1.54) is 11.1 Å². The number of piperidine rings is 1. The van der Waals surface area contributed by atoms with Crippen LogP contribution in [0, 0.1) is 0 Å². The Balaban J connectivity index is 1.80. The van der Waals surface area contributed by atoms with E-state index in [2.05, 4.69) is 15.6 Å². The van der Waals surface area contributed by atoms with Crippen LogP contribution in [-0.4, -0.2) is 46.4 Å². The number of carbonyl (C=O) groups excluding carboxylic acids is 3. The summed E-state index contributed by atoms with van der Waals surface area (Å²) in [5.74, 6) is -0.659. The highest BCUT2D eigenvalue weighted by atomic mass is 35.5. The third kappa shape index (κ3) is 2.44. The van der Waals surface area contributed by atoms with Gasteiger partial charge >= 0.3 is 6.03 Å². The number of aromatic nitrogens is 1. The second-order valence-electron chi connectivity index (χ2n) is 5.18. The molecule has 2 aliphatic rings. The Labute approximate surface area is 125 Å². The van der Waals surface area contributed by atoms with Gasteiger partial charge in [0.1, 0.15) is 11.2 Å². The topological polar surface area (TPSA) is 91.4 Å². The molecule has 7 nitrogen and oxygen atoms in total. The van der Waals surface area contributed by atoms with E-state index < -0.39 is 11.6 Å². The van der Waals surface area contributed by atoms with Gasteiger partial charge < -0.3 is 10.2 Å². The maximum absolute atomic E-state index is 12.4. The fourth-order valence-corrected chi connectivity index (χ4v) is 2.82. The molecule has 4 amide bonds. The summed E-state index contributed by atoms with van der Waals surface area (Å²) in [5.41, 5.74) is -0.751. The SMILES string of the molecule is O=C1NC(=O)C2(CCCN(C(=O)c3ccc(Cl)cn3)C2)N1. The van der Waals surface area contributed by atoms with E-state index in [1.54, 1.807) is 12.1 Å². The van der Waals surface area contributed by atoms with Crippen molar-refractivity contribution in [2.24, 2.45) is 0 Å². The van der Waals surface area contributed by atoms with Crippen LogP contribution in [0.25, 0.3) is 0 Å². The van der Waals surface area contributed by atoms with Crippen molar-refractivity contribution in [3.8, 4) is 0 Å². The van der Waals surface area contributed by atoms with Crippen LogP contribution in [0.1, 0.15) is 23.3 Å². The van der Waals surface area contributed by atoms with Gasteiger partial charge in [0.2, 0.25) is 0 Å². The Morgan fingerprint density at radius 3 is 2.81 bits per heavy atom. The molecule has 3 heterocycles. The molecule has 0 aliphatic carbocycles. The van der Waals surface area contributed by atoms with Crippen molar-refractivity contribution in [1.29, 1.82) is 0 Å². The second-order valence-corrected chi connectivity index (χ2v) is 5.62. The summed E-state index contributed by atoms with van der Waals surface area (Å²) in [5, 5.41) is 5.30. The van der Waals surface area contributed by atoms with Gasteiger partial charge in [-0.05, 0) is 25.0 Å². The zero-order chi connectivity index (χ0) is 15.0. The average molecular weight is 309 g/mol. The summed E-state index contributed by atoms with van der Waals surface area (Å²) in [6.07, 6.45) is 2.55. The summed E-state index contributed by atoms with van der Waals surface area (Å²) < 4.78 is 0. The van der Waals surface area contributed by atoms with Gasteiger partial charge in [-0.2, -0.15) is 0 Å². The zero-order valence-corrected chi connectivity index (χ0v) is 11.8. The summed E-state index contributed by atoms with van der Waals surface area (Å²) >= 11 is 5.75. The van der Waals surface area contributed by atoms with E-state index >= 15 is 0 Å². The molecule has 3 rings (SSSR count). The number of hydrogen-bond acceptors (Lipinski definition) is 4. The van der Waals surface area contributed by atoms with E-state index in [0.717, 1.165) is 0 Å². The van der Waals surface area contributed by atoms with Gasteiger partial charge in [-0.15, -0.1) is 0 Å². The average Bonchev–Trinajstić information content (AvgIpc) is 2.73. The molecule has 2 fully saturated rings. The lowest BCUT2D eigenvalue weighted by atomic mass is 9.89. The fraction of sp³-hybridized carbons (Fsp3) is 0.385. The zero-order valence-electron chi connectivity index (χ0n) is 11.1. The Morgan fingerprint density at radius 2 is 2.19 bits per heavy atom. The highest BCUT2D eigenvalue weighted by Gasteiger charge is 2.49. The molecule has 8 heteroatoms. The van der Waals surface area contributed by atoms with E-state index in [0.29, 0.717) is 24.4 Å². The number of urea groups is 1. The second kappa shape index (κ2) is 5.00. The van der Waals surface area contributed by atoms with Crippen LogP contribution in [0.3, 0.4) is 0 Å². The lowest BCUT2D eigenvalue weighted by Gasteiger charge is -2.37. The van der Waals surface area contributed by atoms with Crippen LogP contribution in [0.5, 0.6) is 0 Å². The fourth-order valence-electron chi connectivity index (χ4n) is 2.71. The molecule has 110 valence electrons. The Hall–Kier alpha value is -2.15. The summed E-state index contributed by atoms with van der Waals surface area (Å²) in [6.45, 7) is 0.668. The first kappa shape index (κ1) is 13.8. The van der Waals surface area contributed by atoms with Gasteiger partial charge in [-0.25, -0.2) is 9.78 Å². The van der Waals surface area contributed by atoms with Crippen LogP contribution in [0.15, 0.2) is 18.3 Å². The number of hydrogen-bond donors (Lipinski definition) is 2. The predicted molar refractivity (Wildman–Crippen MR) is 73.8 cm³/mol. The monoisotopic (exact) mass is 308 g/mol. The molecule has 1 spiro atoms. The molecule has 1 unspecified atom stereocenters. The third-order valence-corrected chi connectivity index (χ3v) is 3.96. The molecule has 1 aromatic heterocycles. The normalized spacial score (nSPS) is 24.9. The van der Waals surface area contributed by atoms with Gasteiger partial charge in [0, 0.05) is 12.7 Å². The van der Waals surface area contributed by atoms with Crippen LogP contribution in [-0.2, 0) is 4.79 Å². The molecule has 2 N–H and O–H groups in total. The highest BCUT2D eigenvalue weighted by Crippen LogP contribution is 2.25. The summed E-state index contributed by atoms with van der Waals surface area (Å²) in [7, 11) is 0. The smallest absolute Gasteiger partial charge is 0.322 e. The van der Waals surface area contributed by atoms with Crippen LogP contribution >= 0.6 is 11.6 Å². The predicted octanol–water partition coefficient (Wildman–Crippen LogP) is 0.549. The Bertz CT molecular complexity index is 618. The molecule has 2 aliphatic heterocycles. The number of imide groups is 1. The van der Waals surface area contributed by atoms with Gasteiger partial charge in [0.15, 0.2) is 0 Å². The molecule has 21 heavy (non-hydrogen) atoms. The molecule has 1 atom stereocenters. The van der Waals surface area contributed by atoms with Gasteiger partial charge in [0.05, 0.1) is 11.6 Å². The molecule has 1 aromatic rings. The molecule has 0 bridgehead atoms. The Kier molecular flexibility index (Phi) is 3.29. The minimum Gasteiger partial charge on any atom is -0.334 e. The number of likely N-dealkylation sites (tertiary alicyclic amines) is 1. The molecule has 0 radical (unpaired) electrons. The van der Waals surface area contributed by atoms with Crippen molar-refractivity contribution in [2.45, 2.75) is 18.4 Å². The lowest BCUT2D eigenvalue weighted by Crippen LogP contribution is -2.59. The first-order valence-corrected chi connectivity index (χ1v) is 6.92. The van der Waals surface area contributed by atoms with Crippen molar-refractivity contribution in [3.63, 3.8) is 0 Å². The van der Waals surface area contributed by atoms with E-state index in [1.807, 2.05) is 0 Å². The van der Waals surface area contributed by atoms with E-state index in [9.17, 15) is 14.4 Å². The van der Waals surface area contributed by atoms with Gasteiger partial charge in [-0.3, -0.25) is 14.9 Å². The number of nitrogens with zero attached hydrogens (tertiary/aromatic N) is 2. The standard InChI is InChI=1S/C13H13ClN4O3/c14-8-2-3-9(15-6-8)10(19)18-5-1-4-13(7-18)11(20)16-12(21)17-13/h2-3,6H,1,4-5,7H2,(H2,16,17,20,21). The third-order valence-electron chi connectivity index (χ3n) is 3.74. The minimum atomic E-state index is -1.02. The number of halogens is 1. The minimum absolute atomic E-state index is 0.147. The Morgan fingerprint density at radius 1 is 1.38 bits per heavy atom. The molecular weight excluding hydrogens is 296 g/mol. The highest BCUT2D eigenvalue weighted by molar-refractivity contribution is 6.30. The molecule has 2 saturated heterocycles. The lowest BCUT2D eigenvalue weighted by molar-refractivity contribution is -0.125.